The summed E-state index contributed by atoms with van der Waals surface area (Å²) in [7, 11) is 1.61. The maximum atomic E-state index is 13.5. The molecule has 13 heteroatoms. The second kappa shape index (κ2) is 14.3. The molecule has 12 nitrogen and oxygen atoms in total. The molecule has 9 rings (SSSR count). The van der Waals surface area contributed by atoms with Crippen LogP contribution in [0.5, 0.6) is 5.75 Å². The number of carbonyl (C=O) groups is 3. The summed E-state index contributed by atoms with van der Waals surface area (Å²) in [6.07, 6.45) is 4.43. The number of hydrogen-bond acceptors (Lipinski definition) is 10. The molecule has 3 amide bonds. The molecular weight excluding hydrogens is 720 g/mol. The summed E-state index contributed by atoms with van der Waals surface area (Å²) in [4.78, 5) is 64.3. The first kappa shape index (κ1) is 35.3. The summed E-state index contributed by atoms with van der Waals surface area (Å²) in [6, 6.07) is 18.8. The number of nitrogens with one attached hydrogen (secondary N) is 1. The smallest absolute Gasteiger partial charge is 0.255 e. The predicted octanol–water partition coefficient (Wildman–Crippen LogP) is 5.47. The van der Waals surface area contributed by atoms with E-state index in [1.54, 1.807) is 36.4 Å². The number of amides is 3. The standard InChI is InChI=1S/C42H41ClN6O6/c1-54-35-22-28(21-30-31(35)24-49(42(30)53)33-9-10-36(50)45-41(33)52)48-19-17-46(18-20-48)23-25-12-15-47(16-13-25)27-7-5-26(6-8-27)29-11-14-44-38-39(51)37-32(43)3-2-4-34(37)55-40(29)38/h2-8,11,14,21-22,25,33H,9-10,12-13,15-20,23-24H2,1H3,(H,45,50,52). The van der Waals surface area contributed by atoms with Gasteiger partial charge in [0.25, 0.3) is 5.91 Å². The van der Waals surface area contributed by atoms with Gasteiger partial charge < -0.3 is 23.9 Å². The first-order valence-corrected chi connectivity index (χ1v) is 19.3. The van der Waals surface area contributed by atoms with Gasteiger partial charge in [-0.1, -0.05) is 29.8 Å². The average Bonchev–Trinajstić information content (AvgIpc) is 3.53. The Hall–Kier alpha value is -5.46. The number of hydrogen-bond donors (Lipinski definition) is 1. The molecule has 0 bridgehead atoms. The summed E-state index contributed by atoms with van der Waals surface area (Å²) in [5, 5.41) is 3.07. The number of ether oxygens (including phenoxy) is 1. The molecule has 4 aliphatic heterocycles. The van der Waals surface area contributed by atoms with E-state index < -0.39 is 11.9 Å². The van der Waals surface area contributed by atoms with E-state index in [0.29, 0.717) is 51.8 Å². The highest BCUT2D eigenvalue weighted by molar-refractivity contribution is 6.35. The van der Waals surface area contributed by atoms with Crippen molar-refractivity contribution in [2.24, 2.45) is 5.92 Å². The lowest BCUT2D eigenvalue weighted by Gasteiger charge is -2.40. The fourth-order valence-electron chi connectivity index (χ4n) is 8.74. The van der Waals surface area contributed by atoms with E-state index in [2.05, 4.69) is 49.3 Å². The number of nitrogens with zero attached hydrogens (tertiary/aromatic N) is 5. The topological polar surface area (TPSA) is 129 Å². The molecule has 5 aromatic rings. The lowest BCUT2D eigenvalue weighted by Crippen LogP contribution is -2.52. The van der Waals surface area contributed by atoms with E-state index in [4.69, 9.17) is 20.8 Å². The number of methoxy groups -OCH3 is 1. The number of imide groups is 1. The van der Waals surface area contributed by atoms with Gasteiger partial charge in [0.15, 0.2) is 11.1 Å². The molecule has 0 radical (unpaired) electrons. The van der Waals surface area contributed by atoms with E-state index in [1.807, 2.05) is 18.2 Å². The molecule has 0 saturated carbocycles. The third kappa shape index (κ3) is 6.46. The van der Waals surface area contributed by atoms with Crippen molar-refractivity contribution >= 4 is 62.8 Å². The zero-order chi connectivity index (χ0) is 37.8. The maximum Gasteiger partial charge on any atom is 0.255 e. The summed E-state index contributed by atoms with van der Waals surface area (Å²) < 4.78 is 11.9. The Kier molecular flexibility index (Phi) is 9.18. The Balaban J connectivity index is 0.801. The van der Waals surface area contributed by atoms with Crippen LogP contribution in [-0.4, -0.2) is 91.5 Å². The Morgan fingerprint density at radius 3 is 2.38 bits per heavy atom. The van der Waals surface area contributed by atoms with Crippen LogP contribution in [-0.2, 0) is 16.1 Å². The highest BCUT2D eigenvalue weighted by Gasteiger charge is 2.41. The highest BCUT2D eigenvalue weighted by Crippen LogP contribution is 2.38. The molecule has 2 aromatic heterocycles. The quantitative estimate of drug-likeness (QED) is 0.169. The Morgan fingerprint density at radius 2 is 1.64 bits per heavy atom. The molecule has 0 aliphatic carbocycles. The van der Waals surface area contributed by atoms with E-state index in [9.17, 15) is 19.2 Å². The number of aromatic nitrogens is 1. The van der Waals surface area contributed by atoms with E-state index in [1.165, 1.54) is 5.69 Å². The van der Waals surface area contributed by atoms with Gasteiger partial charge in [-0.25, -0.2) is 4.98 Å². The third-order valence-corrected chi connectivity index (χ3v) is 12.1. The fraction of sp³-hybridized carbons (Fsp3) is 0.357. The number of piperazine rings is 1. The van der Waals surface area contributed by atoms with Crippen molar-refractivity contribution in [3.05, 3.63) is 93.2 Å². The van der Waals surface area contributed by atoms with E-state index in [-0.39, 0.29) is 29.2 Å². The van der Waals surface area contributed by atoms with Gasteiger partial charge in [-0.15, -0.1) is 0 Å². The molecule has 55 heavy (non-hydrogen) atoms. The molecule has 3 aromatic carbocycles. The molecule has 6 heterocycles. The molecule has 3 saturated heterocycles. The second-order valence-electron chi connectivity index (χ2n) is 14.9. The number of anilines is 2. The minimum absolute atomic E-state index is 0.192. The fourth-order valence-corrected chi connectivity index (χ4v) is 8.99. The highest BCUT2D eigenvalue weighted by atomic mass is 35.5. The van der Waals surface area contributed by atoms with Crippen molar-refractivity contribution in [1.82, 2.24) is 20.1 Å². The SMILES string of the molecule is COc1cc(N2CCN(CC3CCN(c4ccc(-c5ccnc6c(=O)c7c(Cl)cccc7oc56)cc4)CC3)CC2)cc2c1CN(C1CCC(=O)NC1=O)C2=O. The van der Waals surface area contributed by atoms with Crippen LogP contribution in [0.2, 0.25) is 5.02 Å². The summed E-state index contributed by atoms with van der Waals surface area (Å²) in [5.74, 6) is 0.365. The second-order valence-corrected chi connectivity index (χ2v) is 15.3. The number of rotatable bonds is 7. The van der Waals surface area contributed by atoms with Crippen LogP contribution in [0.1, 0.15) is 41.6 Å². The minimum Gasteiger partial charge on any atom is -0.496 e. The van der Waals surface area contributed by atoms with Gasteiger partial charge in [0.1, 0.15) is 17.4 Å². The average molecular weight is 761 g/mol. The lowest BCUT2D eigenvalue weighted by atomic mass is 9.95. The molecular formula is C42H41ClN6O6. The number of carbonyl (C=O) groups excluding carboxylic acids is 3. The summed E-state index contributed by atoms with van der Waals surface area (Å²) in [5.41, 5.74) is 6.19. The molecule has 0 spiro atoms. The maximum absolute atomic E-state index is 13.5. The van der Waals surface area contributed by atoms with E-state index in [0.717, 1.165) is 81.0 Å². The molecule has 1 N–H and O–H groups in total. The third-order valence-electron chi connectivity index (χ3n) is 11.8. The number of halogens is 1. The Bertz CT molecular complexity index is 2400. The lowest BCUT2D eigenvalue weighted by molar-refractivity contribution is -0.136. The van der Waals surface area contributed by atoms with Crippen molar-refractivity contribution in [1.29, 1.82) is 0 Å². The normalized spacial score (nSPS) is 19.7. The summed E-state index contributed by atoms with van der Waals surface area (Å²) >= 11 is 6.32. The van der Waals surface area contributed by atoms with Crippen molar-refractivity contribution in [3.8, 4) is 16.9 Å². The minimum atomic E-state index is -0.657. The van der Waals surface area contributed by atoms with Crippen LogP contribution in [0.15, 0.2) is 76.1 Å². The van der Waals surface area contributed by atoms with Crippen LogP contribution < -0.4 is 25.3 Å². The zero-order valence-corrected chi connectivity index (χ0v) is 31.3. The largest absolute Gasteiger partial charge is 0.496 e. The number of benzene rings is 3. The molecule has 1 atom stereocenters. The van der Waals surface area contributed by atoms with Gasteiger partial charge in [-0.2, -0.15) is 0 Å². The van der Waals surface area contributed by atoms with Gasteiger partial charge >= 0.3 is 0 Å². The van der Waals surface area contributed by atoms with Crippen LogP contribution >= 0.6 is 11.6 Å². The van der Waals surface area contributed by atoms with Gasteiger partial charge in [-0.3, -0.25) is 29.4 Å². The van der Waals surface area contributed by atoms with Crippen molar-refractivity contribution in [2.45, 2.75) is 38.3 Å². The van der Waals surface area contributed by atoms with Crippen LogP contribution in [0.3, 0.4) is 0 Å². The summed E-state index contributed by atoms with van der Waals surface area (Å²) in [6.45, 7) is 6.89. The van der Waals surface area contributed by atoms with Crippen molar-refractivity contribution in [3.63, 3.8) is 0 Å². The van der Waals surface area contributed by atoms with E-state index >= 15 is 0 Å². The zero-order valence-electron chi connectivity index (χ0n) is 30.6. The number of fused-ring (bicyclic) bond motifs is 3. The number of pyridine rings is 1. The molecule has 4 aliphatic rings. The molecule has 3 fully saturated rings. The molecule has 1 unspecified atom stereocenters. The van der Waals surface area contributed by atoms with Crippen LogP contribution in [0.4, 0.5) is 11.4 Å². The van der Waals surface area contributed by atoms with Gasteiger partial charge in [0.05, 0.1) is 29.6 Å². The predicted molar refractivity (Wildman–Crippen MR) is 211 cm³/mol. The monoisotopic (exact) mass is 760 g/mol. The van der Waals surface area contributed by atoms with Gasteiger partial charge in [-0.05, 0) is 67.1 Å². The van der Waals surface area contributed by atoms with Crippen LogP contribution in [0, 0.1) is 5.92 Å². The van der Waals surface area contributed by atoms with Crippen LogP contribution in [0.25, 0.3) is 33.2 Å². The van der Waals surface area contributed by atoms with Gasteiger partial charge in [0.2, 0.25) is 17.2 Å². The van der Waals surface area contributed by atoms with Crippen molar-refractivity contribution in [2.75, 3.05) is 62.7 Å². The van der Waals surface area contributed by atoms with Gasteiger partial charge in [0, 0.05) is 87.0 Å². The molecule has 282 valence electrons. The first-order valence-electron chi connectivity index (χ1n) is 18.9. The Labute approximate surface area is 322 Å². The van der Waals surface area contributed by atoms with Crippen molar-refractivity contribution < 1.29 is 23.5 Å². The first-order chi connectivity index (χ1) is 26.7. The Morgan fingerprint density at radius 1 is 0.873 bits per heavy atom. The number of piperidine rings is 2.